The molecule has 2 aliphatic rings. The Labute approximate surface area is 112 Å². The van der Waals surface area contributed by atoms with Gasteiger partial charge in [0, 0.05) is 37.2 Å². The van der Waals surface area contributed by atoms with Crippen molar-refractivity contribution in [3.63, 3.8) is 0 Å². The molecule has 2 fully saturated rings. The van der Waals surface area contributed by atoms with Crippen LogP contribution in [0.4, 0.5) is 4.79 Å². The van der Waals surface area contributed by atoms with E-state index in [4.69, 9.17) is 5.11 Å². The molecule has 0 aliphatic carbocycles. The minimum Gasteiger partial charge on any atom is -0.481 e. The minimum atomic E-state index is -0.782. The number of carbonyl (C=O) groups excluding carboxylic acids is 1. The number of aliphatic carboxylic acids is 1. The van der Waals surface area contributed by atoms with E-state index in [1.807, 2.05) is 16.7 Å². The zero-order valence-electron chi connectivity index (χ0n) is 10.7. The fourth-order valence-electron chi connectivity index (χ4n) is 2.54. The fourth-order valence-corrected chi connectivity index (χ4v) is 3.56. The smallest absolute Gasteiger partial charge is 0.320 e. The number of piperidine rings is 1. The molecule has 0 spiro atoms. The Hall–Kier alpha value is -0.910. The third-order valence-corrected chi connectivity index (χ3v) is 4.69. The van der Waals surface area contributed by atoms with Gasteiger partial charge in [0.25, 0.3) is 0 Å². The van der Waals surface area contributed by atoms with Crippen molar-refractivity contribution < 1.29 is 14.7 Å². The van der Waals surface area contributed by atoms with Gasteiger partial charge in [0.2, 0.25) is 0 Å². The molecule has 2 atom stereocenters. The maximum Gasteiger partial charge on any atom is 0.320 e. The molecule has 6 heteroatoms. The van der Waals surface area contributed by atoms with Gasteiger partial charge in [0.05, 0.1) is 5.92 Å². The minimum absolute atomic E-state index is 0.0214. The number of carboxylic acid groups (broad SMARTS) is 1. The monoisotopic (exact) mass is 272 g/mol. The van der Waals surface area contributed by atoms with Crippen molar-refractivity contribution >= 4 is 23.8 Å². The number of hydrogen-bond acceptors (Lipinski definition) is 3. The van der Waals surface area contributed by atoms with E-state index >= 15 is 0 Å². The van der Waals surface area contributed by atoms with Crippen LogP contribution in [-0.2, 0) is 4.79 Å². The second kappa shape index (κ2) is 5.82. The molecule has 5 nitrogen and oxygen atoms in total. The number of carboxylic acids is 1. The summed E-state index contributed by atoms with van der Waals surface area (Å²) >= 11 is 1.88. The Morgan fingerprint density at radius 2 is 1.94 bits per heavy atom. The lowest BCUT2D eigenvalue weighted by molar-refractivity contribution is -0.143. The van der Waals surface area contributed by atoms with Crippen molar-refractivity contribution in [2.75, 3.05) is 31.9 Å². The molecule has 2 aliphatic heterocycles. The molecule has 1 N–H and O–H groups in total. The summed E-state index contributed by atoms with van der Waals surface area (Å²) in [5.41, 5.74) is 0. The number of likely N-dealkylation sites (tertiary alicyclic amines) is 1. The third kappa shape index (κ3) is 3.10. The van der Waals surface area contributed by atoms with Crippen LogP contribution < -0.4 is 0 Å². The highest BCUT2D eigenvalue weighted by Crippen LogP contribution is 2.22. The number of nitrogens with zero attached hydrogens (tertiary/aromatic N) is 2. The topological polar surface area (TPSA) is 60.9 Å². The molecule has 0 saturated carbocycles. The van der Waals surface area contributed by atoms with E-state index < -0.39 is 5.97 Å². The van der Waals surface area contributed by atoms with E-state index in [2.05, 4.69) is 6.92 Å². The SMILES string of the molecule is CC1CN(C(=O)N2CCC[C@@H](C(=O)O)C2)CCS1. The van der Waals surface area contributed by atoms with Crippen LogP contribution in [0.3, 0.4) is 0 Å². The summed E-state index contributed by atoms with van der Waals surface area (Å²) < 4.78 is 0. The van der Waals surface area contributed by atoms with Crippen molar-refractivity contribution in [2.24, 2.45) is 5.92 Å². The first-order valence-electron chi connectivity index (χ1n) is 6.46. The third-order valence-electron chi connectivity index (χ3n) is 3.55. The summed E-state index contributed by atoms with van der Waals surface area (Å²) in [4.78, 5) is 26.9. The summed E-state index contributed by atoms with van der Waals surface area (Å²) in [6.07, 6.45) is 1.48. The van der Waals surface area contributed by atoms with Gasteiger partial charge in [-0.15, -0.1) is 0 Å². The molecular formula is C12H20N2O3S. The van der Waals surface area contributed by atoms with Gasteiger partial charge in [-0.2, -0.15) is 11.8 Å². The van der Waals surface area contributed by atoms with E-state index in [1.54, 1.807) is 4.90 Å². The summed E-state index contributed by atoms with van der Waals surface area (Å²) in [7, 11) is 0. The zero-order chi connectivity index (χ0) is 13.1. The molecule has 0 aromatic heterocycles. The molecule has 2 heterocycles. The van der Waals surface area contributed by atoms with Gasteiger partial charge in [-0.1, -0.05) is 6.92 Å². The first kappa shape index (κ1) is 13.5. The maximum atomic E-state index is 12.3. The first-order valence-corrected chi connectivity index (χ1v) is 7.51. The van der Waals surface area contributed by atoms with E-state index in [-0.39, 0.29) is 11.9 Å². The number of hydrogen-bond donors (Lipinski definition) is 1. The van der Waals surface area contributed by atoms with Gasteiger partial charge in [-0.05, 0) is 12.8 Å². The molecule has 2 amide bonds. The maximum absolute atomic E-state index is 12.3. The highest BCUT2D eigenvalue weighted by molar-refractivity contribution is 7.99. The summed E-state index contributed by atoms with van der Waals surface area (Å²) in [5, 5.41) is 9.51. The Kier molecular flexibility index (Phi) is 4.37. The van der Waals surface area contributed by atoms with Gasteiger partial charge in [-0.25, -0.2) is 4.79 Å². The highest BCUT2D eigenvalue weighted by Gasteiger charge is 2.31. The van der Waals surface area contributed by atoms with Crippen LogP contribution in [0.1, 0.15) is 19.8 Å². The highest BCUT2D eigenvalue weighted by atomic mass is 32.2. The van der Waals surface area contributed by atoms with Crippen LogP contribution in [0.15, 0.2) is 0 Å². The van der Waals surface area contributed by atoms with Gasteiger partial charge in [0.1, 0.15) is 0 Å². The lowest BCUT2D eigenvalue weighted by Crippen LogP contribution is -2.51. The average molecular weight is 272 g/mol. The Morgan fingerprint density at radius 3 is 2.61 bits per heavy atom. The molecule has 2 rings (SSSR count). The van der Waals surface area contributed by atoms with Gasteiger partial charge < -0.3 is 14.9 Å². The normalized spacial score (nSPS) is 29.2. The van der Waals surface area contributed by atoms with Gasteiger partial charge in [-0.3, -0.25) is 4.79 Å². The van der Waals surface area contributed by atoms with Crippen LogP contribution in [0.2, 0.25) is 0 Å². The number of carbonyl (C=O) groups is 2. The number of thioether (sulfide) groups is 1. The van der Waals surface area contributed by atoms with Gasteiger partial charge in [0.15, 0.2) is 0 Å². The largest absolute Gasteiger partial charge is 0.481 e. The molecule has 0 aromatic carbocycles. The molecule has 18 heavy (non-hydrogen) atoms. The lowest BCUT2D eigenvalue weighted by Gasteiger charge is -2.38. The van der Waals surface area contributed by atoms with Crippen molar-refractivity contribution in [1.82, 2.24) is 9.80 Å². The van der Waals surface area contributed by atoms with Crippen molar-refractivity contribution in [3.05, 3.63) is 0 Å². The number of urea groups is 1. The van der Waals surface area contributed by atoms with E-state index in [9.17, 15) is 9.59 Å². The first-order chi connectivity index (χ1) is 8.58. The molecular weight excluding hydrogens is 252 g/mol. The van der Waals surface area contributed by atoms with Gasteiger partial charge >= 0.3 is 12.0 Å². The standard InChI is InChI=1S/C12H20N2O3S/c1-9-7-14(5-6-18-9)12(17)13-4-2-3-10(8-13)11(15)16/h9-10H,2-8H2,1H3,(H,15,16)/t9?,10-/m1/s1. The quantitative estimate of drug-likeness (QED) is 0.782. The molecule has 0 radical (unpaired) electrons. The van der Waals surface area contributed by atoms with Crippen LogP contribution in [0, 0.1) is 5.92 Å². The summed E-state index contributed by atoms with van der Waals surface area (Å²) in [6.45, 7) is 4.74. The summed E-state index contributed by atoms with van der Waals surface area (Å²) in [6, 6.07) is 0.0214. The van der Waals surface area contributed by atoms with Crippen LogP contribution in [0.25, 0.3) is 0 Å². The van der Waals surface area contributed by atoms with Crippen molar-refractivity contribution in [3.8, 4) is 0 Å². The Bertz CT molecular complexity index is 337. The van der Waals surface area contributed by atoms with Crippen molar-refractivity contribution in [2.45, 2.75) is 25.0 Å². The Balaban J connectivity index is 1.93. The van der Waals surface area contributed by atoms with E-state index in [1.165, 1.54) is 0 Å². The molecule has 1 unspecified atom stereocenters. The van der Waals surface area contributed by atoms with Crippen molar-refractivity contribution in [1.29, 1.82) is 0 Å². The molecule has 102 valence electrons. The summed E-state index contributed by atoms with van der Waals surface area (Å²) in [5.74, 6) is -0.197. The second-order valence-corrected chi connectivity index (χ2v) is 6.58. The molecule has 0 bridgehead atoms. The lowest BCUT2D eigenvalue weighted by atomic mass is 9.98. The number of amides is 2. The fraction of sp³-hybridized carbons (Fsp3) is 0.833. The molecule has 2 saturated heterocycles. The Morgan fingerprint density at radius 1 is 1.22 bits per heavy atom. The number of rotatable bonds is 1. The van der Waals surface area contributed by atoms with Crippen LogP contribution in [-0.4, -0.2) is 64.1 Å². The second-order valence-electron chi connectivity index (χ2n) is 5.03. The van der Waals surface area contributed by atoms with Crippen LogP contribution in [0.5, 0.6) is 0 Å². The van der Waals surface area contributed by atoms with E-state index in [0.29, 0.717) is 24.8 Å². The average Bonchev–Trinajstić information content (AvgIpc) is 2.38. The predicted molar refractivity (Wildman–Crippen MR) is 70.8 cm³/mol. The predicted octanol–water partition coefficient (Wildman–Crippen LogP) is 1.34. The molecule has 0 aromatic rings. The zero-order valence-corrected chi connectivity index (χ0v) is 11.5. The van der Waals surface area contributed by atoms with Crippen LogP contribution >= 0.6 is 11.8 Å². The van der Waals surface area contributed by atoms with E-state index in [0.717, 1.165) is 25.3 Å².